The van der Waals surface area contributed by atoms with E-state index in [1.807, 2.05) is 61.5 Å². The number of carboxylic acids is 1. The molecule has 188 valence electrons. The zero-order valence-electron chi connectivity index (χ0n) is 20.4. The van der Waals surface area contributed by atoms with Gasteiger partial charge in [-0.15, -0.1) is 0 Å². The summed E-state index contributed by atoms with van der Waals surface area (Å²) in [5.74, 6) is 0.689. The zero-order valence-corrected chi connectivity index (χ0v) is 20.4. The molecule has 0 aliphatic carbocycles. The van der Waals surface area contributed by atoms with Gasteiger partial charge in [-0.2, -0.15) is 0 Å². The lowest BCUT2D eigenvalue weighted by Gasteiger charge is -2.34. The smallest absolute Gasteiger partial charge is 0.323 e. The number of benzene rings is 3. The van der Waals surface area contributed by atoms with Crippen LogP contribution in [0.3, 0.4) is 0 Å². The number of hydrogen-bond donors (Lipinski definition) is 2. The minimum absolute atomic E-state index is 0.255. The van der Waals surface area contributed by atoms with Crippen molar-refractivity contribution in [3.05, 3.63) is 107 Å². The SMILES string of the molecule is Cc1oc(-c2ccccc2)nc1CCOc1ccc2c(c1)CN(NC(=O)c1ccccc1)[C@H](C(=O)O)C2. The molecule has 1 aromatic heterocycles. The monoisotopic (exact) mass is 497 g/mol. The van der Waals surface area contributed by atoms with Crippen molar-refractivity contribution in [2.45, 2.75) is 32.4 Å². The van der Waals surface area contributed by atoms with E-state index < -0.39 is 12.0 Å². The molecule has 4 aromatic rings. The second-order valence-electron chi connectivity index (χ2n) is 8.91. The third-order valence-corrected chi connectivity index (χ3v) is 6.40. The molecule has 1 amide bonds. The van der Waals surface area contributed by atoms with Crippen LogP contribution in [0.4, 0.5) is 0 Å². The minimum atomic E-state index is -0.989. The molecule has 2 heterocycles. The first kappa shape index (κ1) is 24.3. The maximum Gasteiger partial charge on any atom is 0.323 e. The molecule has 1 atom stereocenters. The van der Waals surface area contributed by atoms with Gasteiger partial charge in [0.15, 0.2) is 0 Å². The van der Waals surface area contributed by atoms with Gasteiger partial charge in [0.2, 0.25) is 5.89 Å². The molecule has 0 bridgehead atoms. The van der Waals surface area contributed by atoms with E-state index in [0.29, 0.717) is 30.2 Å². The fourth-order valence-corrected chi connectivity index (χ4v) is 4.40. The number of oxazole rings is 1. The van der Waals surface area contributed by atoms with Crippen LogP contribution in [-0.2, 0) is 24.2 Å². The predicted molar refractivity (Wildman–Crippen MR) is 137 cm³/mol. The first-order valence-electron chi connectivity index (χ1n) is 12.1. The number of aromatic nitrogens is 1. The normalized spacial score (nSPS) is 15.1. The topological polar surface area (TPSA) is 105 Å². The van der Waals surface area contributed by atoms with Crippen molar-refractivity contribution in [2.24, 2.45) is 0 Å². The van der Waals surface area contributed by atoms with Gasteiger partial charge in [-0.05, 0) is 54.4 Å². The second-order valence-corrected chi connectivity index (χ2v) is 8.91. The van der Waals surface area contributed by atoms with Gasteiger partial charge in [-0.25, -0.2) is 9.99 Å². The number of carboxylic acid groups (broad SMARTS) is 1. The average molecular weight is 498 g/mol. The summed E-state index contributed by atoms with van der Waals surface area (Å²) in [4.78, 5) is 29.2. The number of carbonyl (C=O) groups is 2. The van der Waals surface area contributed by atoms with E-state index in [4.69, 9.17) is 9.15 Å². The van der Waals surface area contributed by atoms with Gasteiger partial charge in [0, 0.05) is 30.5 Å². The van der Waals surface area contributed by atoms with Crippen LogP contribution >= 0.6 is 0 Å². The molecule has 37 heavy (non-hydrogen) atoms. The Morgan fingerprint density at radius 3 is 2.51 bits per heavy atom. The number of hydrogen-bond acceptors (Lipinski definition) is 6. The van der Waals surface area contributed by atoms with Crippen molar-refractivity contribution in [3.63, 3.8) is 0 Å². The molecule has 0 fully saturated rings. The number of rotatable bonds is 8. The van der Waals surface area contributed by atoms with Crippen LogP contribution in [0.15, 0.2) is 83.3 Å². The molecule has 0 unspecified atom stereocenters. The Kier molecular flexibility index (Phi) is 7.00. The van der Waals surface area contributed by atoms with Crippen LogP contribution in [0.5, 0.6) is 5.75 Å². The molecular formula is C29H27N3O5. The number of amides is 1. The quantitative estimate of drug-likeness (QED) is 0.371. The summed E-state index contributed by atoms with van der Waals surface area (Å²) in [6.45, 7) is 2.56. The largest absolute Gasteiger partial charge is 0.493 e. The summed E-state index contributed by atoms with van der Waals surface area (Å²) in [6, 6.07) is 23.3. The Hall–Kier alpha value is -4.43. The Balaban J connectivity index is 1.25. The Morgan fingerprint density at radius 1 is 1.05 bits per heavy atom. The van der Waals surface area contributed by atoms with Crippen molar-refractivity contribution >= 4 is 11.9 Å². The molecule has 3 aromatic carbocycles. The van der Waals surface area contributed by atoms with Crippen molar-refractivity contribution in [1.82, 2.24) is 15.4 Å². The molecule has 1 aliphatic heterocycles. The summed E-state index contributed by atoms with van der Waals surface area (Å²) >= 11 is 0. The molecule has 2 N–H and O–H groups in total. The van der Waals surface area contributed by atoms with E-state index in [-0.39, 0.29) is 18.9 Å². The van der Waals surface area contributed by atoms with E-state index in [1.165, 1.54) is 5.01 Å². The van der Waals surface area contributed by atoms with Gasteiger partial charge in [-0.3, -0.25) is 15.0 Å². The van der Waals surface area contributed by atoms with E-state index >= 15 is 0 Å². The number of aliphatic carboxylic acids is 1. The number of hydrazine groups is 1. The van der Waals surface area contributed by atoms with Crippen LogP contribution in [-0.4, -0.2) is 39.6 Å². The van der Waals surface area contributed by atoms with Crippen molar-refractivity contribution in [1.29, 1.82) is 0 Å². The molecular weight excluding hydrogens is 470 g/mol. The van der Waals surface area contributed by atoms with Crippen LogP contribution < -0.4 is 10.2 Å². The Bertz CT molecular complexity index is 1400. The third-order valence-electron chi connectivity index (χ3n) is 6.40. The van der Waals surface area contributed by atoms with Crippen LogP contribution in [0, 0.1) is 6.92 Å². The van der Waals surface area contributed by atoms with Gasteiger partial charge in [0.25, 0.3) is 5.91 Å². The van der Waals surface area contributed by atoms with E-state index in [9.17, 15) is 14.7 Å². The molecule has 0 saturated carbocycles. The lowest BCUT2D eigenvalue weighted by molar-refractivity contribution is -0.145. The Labute approximate surface area is 214 Å². The molecule has 0 radical (unpaired) electrons. The van der Waals surface area contributed by atoms with Gasteiger partial charge in [0.1, 0.15) is 17.6 Å². The highest BCUT2D eigenvalue weighted by molar-refractivity contribution is 5.94. The van der Waals surface area contributed by atoms with Crippen molar-refractivity contribution < 1.29 is 23.8 Å². The fraction of sp³-hybridized carbons (Fsp3) is 0.207. The Morgan fingerprint density at radius 2 is 1.78 bits per heavy atom. The lowest BCUT2D eigenvalue weighted by Crippen LogP contribution is -2.54. The predicted octanol–water partition coefficient (Wildman–Crippen LogP) is 4.43. The summed E-state index contributed by atoms with van der Waals surface area (Å²) in [6.07, 6.45) is 0.861. The minimum Gasteiger partial charge on any atom is -0.493 e. The van der Waals surface area contributed by atoms with Gasteiger partial charge in [-0.1, -0.05) is 42.5 Å². The number of aryl methyl sites for hydroxylation is 1. The number of nitrogens with one attached hydrogen (secondary N) is 1. The second kappa shape index (κ2) is 10.7. The fourth-order valence-electron chi connectivity index (χ4n) is 4.40. The van der Waals surface area contributed by atoms with Gasteiger partial charge >= 0.3 is 5.97 Å². The highest BCUT2D eigenvalue weighted by Gasteiger charge is 2.33. The first-order valence-corrected chi connectivity index (χ1v) is 12.1. The van der Waals surface area contributed by atoms with E-state index in [0.717, 1.165) is 28.1 Å². The van der Waals surface area contributed by atoms with Crippen LogP contribution in [0.1, 0.15) is 32.9 Å². The molecule has 0 spiro atoms. The number of nitrogens with zero attached hydrogens (tertiary/aromatic N) is 2. The summed E-state index contributed by atoms with van der Waals surface area (Å²) in [5.41, 5.74) is 6.83. The average Bonchev–Trinajstić information content (AvgIpc) is 3.29. The maximum absolute atomic E-state index is 12.7. The van der Waals surface area contributed by atoms with Crippen molar-refractivity contribution in [3.8, 4) is 17.2 Å². The summed E-state index contributed by atoms with van der Waals surface area (Å²) in [5, 5.41) is 11.2. The van der Waals surface area contributed by atoms with E-state index in [1.54, 1.807) is 24.3 Å². The van der Waals surface area contributed by atoms with Crippen LogP contribution in [0.25, 0.3) is 11.5 Å². The molecule has 1 aliphatic rings. The van der Waals surface area contributed by atoms with Crippen LogP contribution in [0.2, 0.25) is 0 Å². The zero-order chi connectivity index (χ0) is 25.8. The number of fused-ring (bicyclic) bond motifs is 1. The third kappa shape index (κ3) is 5.54. The molecule has 8 heteroatoms. The molecule has 0 saturated heterocycles. The van der Waals surface area contributed by atoms with Gasteiger partial charge in [0.05, 0.1) is 12.3 Å². The van der Waals surface area contributed by atoms with Gasteiger partial charge < -0.3 is 14.3 Å². The molecule has 5 rings (SSSR count). The summed E-state index contributed by atoms with van der Waals surface area (Å²) in [7, 11) is 0. The highest BCUT2D eigenvalue weighted by atomic mass is 16.5. The lowest BCUT2D eigenvalue weighted by atomic mass is 9.95. The first-order chi connectivity index (χ1) is 18.0. The van der Waals surface area contributed by atoms with Crippen molar-refractivity contribution in [2.75, 3.05) is 6.61 Å². The number of ether oxygens (including phenoxy) is 1. The van der Waals surface area contributed by atoms with E-state index in [2.05, 4.69) is 10.4 Å². The number of carbonyl (C=O) groups excluding carboxylic acids is 1. The highest BCUT2D eigenvalue weighted by Crippen LogP contribution is 2.27. The summed E-state index contributed by atoms with van der Waals surface area (Å²) < 4.78 is 11.8. The standard InChI is InChI=1S/C29H27N3O5/c1-19-25(30-28(37-19)21-10-6-3-7-11-21)14-15-36-24-13-12-22-17-26(29(34)35)32(18-23(22)16-24)31-27(33)20-8-4-2-5-9-20/h2-13,16,26H,14-15,17-18H2,1H3,(H,31,33)(H,34,35)/t26-/m0/s1. The molecule has 8 nitrogen and oxygen atoms in total. The maximum atomic E-state index is 12.7.